The molecule has 104 valence electrons. The molecule has 1 aliphatic heterocycles. The number of rotatable bonds is 4. The van der Waals surface area contributed by atoms with Crippen molar-refractivity contribution in [3.8, 4) is 5.75 Å². The normalized spacial score (nSPS) is 13.4. The van der Waals surface area contributed by atoms with Crippen LogP contribution in [0.5, 0.6) is 5.75 Å². The van der Waals surface area contributed by atoms with Crippen LogP contribution in [0.4, 0.5) is 10.2 Å². The van der Waals surface area contributed by atoms with Crippen LogP contribution in [0.2, 0.25) is 0 Å². The van der Waals surface area contributed by atoms with E-state index in [2.05, 4.69) is 10.3 Å². The van der Waals surface area contributed by atoms with Crippen LogP contribution in [0, 0.1) is 5.82 Å². The average molecular weight is 274 g/mol. The molecule has 0 unspecified atom stereocenters. The molecule has 1 N–H and O–H groups in total. The molecule has 1 aromatic carbocycles. The summed E-state index contributed by atoms with van der Waals surface area (Å²) in [5.41, 5.74) is 1.62. The minimum atomic E-state index is -0.259. The predicted octanol–water partition coefficient (Wildman–Crippen LogP) is 2.74. The second-order valence-corrected chi connectivity index (χ2v) is 4.56. The highest BCUT2D eigenvalue weighted by Crippen LogP contribution is 2.29. The number of nitrogens with one attached hydrogen (secondary N) is 1. The van der Waals surface area contributed by atoms with Gasteiger partial charge in [0.15, 0.2) is 6.79 Å². The zero-order valence-corrected chi connectivity index (χ0v) is 10.9. The number of aromatic nitrogens is 1. The topological polar surface area (TPSA) is 43.4 Å². The number of hydrogen-bond donors (Lipinski definition) is 1. The molecular weight excluding hydrogens is 259 g/mol. The Morgan fingerprint density at radius 1 is 1.30 bits per heavy atom. The first kappa shape index (κ1) is 12.9. The lowest BCUT2D eigenvalue weighted by Gasteiger charge is -2.21. The van der Waals surface area contributed by atoms with Crippen LogP contribution in [-0.4, -0.2) is 18.3 Å². The number of nitrogens with zero attached hydrogens (tertiary/aromatic N) is 1. The molecule has 2 aromatic rings. The average Bonchev–Trinajstić information content (AvgIpc) is 2.48. The van der Waals surface area contributed by atoms with E-state index in [4.69, 9.17) is 9.47 Å². The lowest BCUT2D eigenvalue weighted by Crippen LogP contribution is -2.15. The maximum atomic E-state index is 13.6. The van der Waals surface area contributed by atoms with Crippen molar-refractivity contribution in [2.24, 2.45) is 0 Å². The highest BCUT2D eigenvalue weighted by molar-refractivity contribution is 5.43. The molecule has 20 heavy (non-hydrogen) atoms. The Labute approximate surface area is 116 Å². The van der Waals surface area contributed by atoms with Crippen molar-refractivity contribution in [2.75, 3.05) is 18.7 Å². The zero-order valence-electron chi connectivity index (χ0n) is 10.9. The molecule has 0 saturated carbocycles. The maximum Gasteiger partial charge on any atom is 0.189 e. The van der Waals surface area contributed by atoms with E-state index in [0.717, 1.165) is 22.7 Å². The van der Waals surface area contributed by atoms with Gasteiger partial charge in [-0.3, -0.25) is 0 Å². The molecule has 0 spiro atoms. The second-order valence-electron chi connectivity index (χ2n) is 4.56. The lowest BCUT2D eigenvalue weighted by atomic mass is 10.1. The number of anilines is 1. The summed E-state index contributed by atoms with van der Waals surface area (Å²) in [7, 11) is 0. The largest absolute Gasteiger partial charge is 0.467 e. The number of halogens is 1. The summed E-state index contributed by atoms with van der Waals surface area (Å²) in [5.74, 6) is 1.30. The number of hydrogen-bond acceptors (Lipinski definition) is 4. The van der Waals surface area contributed by atoms with Gasteiger partial charge in [0, 0.05) is 18.3 Å². The first-order valence-electron chi connectivity index (χ1n) is 6.49. The standard InChI is InChI=1S/C15H15FN2O2/c16-13-7-11(15-12(8-13)9-19-10-20-15)4-6-18-14-3-1-2-5-17-14/h1-3,5,7-8H,4,6,9-10H2,(H,17,18). The molecule has 0 atom stereocenters. The fourth-order valence-electron chi connectivity index (χ4n) is 2.23. The molecule has 1 aliphatic rings. The van der Waals surface area contributed by atoms with Gasteiger partial charge in [0.05, 0.1) is 6.61 Å². The van der Waals surface area contributed by atoms with Gasteiger partial charge in [0.25, 0.3) is 0 Å². The van der Waals surface area contributed by atoms with Crippen LogP contribution >= 0.6 is 0 Å². The van der Waals surface area contributed by atoms with Gasteiger partial charge < -0.3 is 14.8 Å². The van der Waals surface area contributed by atoms with Crippen LogP contribution in [0.15, 0.2) is 36.5 Å². The van der Waals surface area contributed by atoms with Gasteiger partial charge in [0.2, 0.25) is 0 Å². The summed E-state index contributed by atoms with van der Waals surface area (Å²) in [4.78, 5) is 4.18. The third kappa shape index (κ3) is 2.88. The van der Waals surface area contributed by atoms with E-state index >= 15 is 0 Å². The Kier molecular flexibility index (Phi) is 3.78. The molecule has 0 saturated heterocycles. The summed E-state index contributed by atoms with van der Waals surface area (Å²) in [6, 6.07) is 8.65. The van der Waals surface area contributed by atoms with Crippen molar-refractivity contribution in [3.05, 3.63) is 53.5 Å². The van der Waals surface area contributed by atoms with Crippen LogP contribution < -0.4 is 10.1 Å². The Morgan fingerprint density at radius 3 is 3.10 bits per heavy atom. The minimum Gasteiger partial charge on any atom is -0.467 e. The van der Waals surface area contributed by atoms with Crippen molar-refractivity contribution >= 4 is 5.82 Å². The Morgan fingerprint density at radius 2 is 2.25 bits per heavy atom. The molecule has 0 aliphatic carbocycles. The second kappa shape index (κ2) is 5.88. The molecule has 3 rings (SSSR count). The van der Waals surface area contributed by atoms with Gasteiger partial charge >= 0.3 is 0 Å². The van der Waals surface area contributed by atoms with Crippen molar-refractivity contribution in [1.29, 1.82) is 0 Å². The molecule has 0 bridgehead atoms. The van der Waals surface area contributed by atoms with Crippen molar-refractivity contribution < 1.29 is 13.9 Å². The van der Waals surface area contributed by atoms with Gasteiger partial charge in [-0.2, -0.15) is 0 Å². The molecule has 4 nitrogen and oxygen atoms in total. The van der Waals surface area contributed by atoms with E-state index in [1.54, 1.807) is 6.20 Å². The zero-order chi connectivity index (χ0) is 13.8. The number of ether oxygens (including phenoxy) is 2. The Balaban J connectivity index is 1.69. The summed E-state index contributed by atoms with van der Waals surface area (Å²) in [6.45, 7) is 1.28. The van der Waals surface area contributed by atoms with E-state index in [9.17, 15) is 4.39 Å². The quantitative estimate of drug-likeness (QED) is 0.931. The maximum absolute atomic E-state index is 13.6. The summed E-state index contributed by atoms with van der Waals surface area (Å²) < 4.78 is 24.2. The Hall–Kier alpha value is -2.14. The van der Waals surface area contributed by atoms with Gasteiger partial charge in [0.1, 0.15) is 17.4 Å². The Bertz CT molecular complexity index is 590. The third-order valence-corrected chi connectivity index (χ3v) is 3.12. The number of benzene rings is 1. The lowest BCUT2D eigenvalue weighted by molar-refractivity contribution is -0.0172. The molecule has 0 amide bonds. The third-order valence-electron chi connectivity index (χ3n) is 3.12. The van der Waals surface area contributed by atoms with E-state index in [-0.39, 0.29) is 12.6 Å². The highest BCUT2D eigenvalue weighted by atomic mass is 19.1. The first-order valence-corrected chi connectivity index (χ1v) is 6.49. The monoisotopic (exact) mass is 274 g/mol. The van der Waals surface area contributed by atoms with E-state index in [0.29, 0.717) is 19.6 Å². The van der Waals surface area contributed by atoms with Gasteiger partial charge in [-0.25, -0.2) is 9.37 Å². The fourth-order valence-corrected chi connectivity index (χ4v) is 2.23. The highest BCUT2D eigenvalue weighted by Gasteiger charge is 2.16. The fraction of sp³-hybridized carbons (Fsp3) is 0.267. The van der Waals surface area contributed by atoms with Crippen LogP contribution in [0.3, 0.4) is 0 Å². The SMILES string of the molecule is Fc1cc(CCNc2ccccn2)c2c(c1)COCO2. The minimum absolute atomic E-state index is 0.222. The molecule has 1 aromatic heterocycles. The number of pyridine rings is 1. The van der Waals surface area contributed by atoms with Gasteiger partial charge in [-0.05, 0) is 36.2 Å². The molecule has 0 fully saturated rings. The molecule has 2 heterocycles. The number of fused-ring (bicyclic) bond motifs is 1. The van der Waals surface area contributed by atoms with Crippen LogP contribution in [-0.2, 0) is 17.8 Å². The molecule has 5 heteroatoms. The first-order chi connectivity index (χ1) is 9.83. The van der Waals surface area contributed by atoms with Crippen molar-refractivity contribution in [3.63, 3.8) is 0 Å². The summed E-state index contributed by atoms with van der Waals surface area (Å²) in [6.07, 6.45) is 2.39. The predicted molar refractivity (Wildman–Crippen MR) is 73.1 cm³/mol. The summed E-state index contributed by atoms with van der Waals surface area (Å²) in [5, 5.41) is 3.20. The van der Waals surface area contributed by atoms with Crippen molar-refractivity contribution in [1.82, 2.24) is 4.98 Å². The summed E-state index contributed by atoms with van der Waals surface area (Å²) >= 11 is 0. The van der Waals surface area contributed by atoms with Crippen LogP contribution in [0.1, 0.15) is 11.1 Å². The van der Waals surface area contributed by atoms with E-state index in [1.807, 2.05) is 18.2 Å². The van der Waals surface area contributed by atoms with Gasteiger partial charge in [-0.1, -0.05) is 6.07 Å². The van der Waals surface area contributed by atoms with Crippen LogP contribution in [0.25, 0.3) is 0 Å². The molecular formula is C15H15FN2O2. The van der Waals surface area contributed by atoms with Crippen molar-refractivity contribution in [2.45, 2.75) is 13.0 Å². The van der Waals surface area contributed by atoms with E-state index < -0.39 is 0 Å². The van der Waals surface area contributed by atoms with E-state index in [1.165, 1.54) is 12.1 Å². The molecule has 0 radical (unpaired) electrons. The smallest absolute Gasteiger partial charge is 0.189 e. The van der Waals surface area contributed by atoms with Gasteiger partial charge in [-0.15, -0.1) is 0 Å².